The number of nitrogens with one attached hydrogen (secondary N) is 1. The second-order valence-corrected chi connectivity index (χ2v) is 5.94. The summed E-state index contributed by atoms with van der Waals surface area (Å²) in [6.07, 6.45) is -3.92. The number of benzene rings is 2. The predicted octanol–water partition coefficient (Wildman–Crippen LogP) is 4.80. The van der Waals surface area contributed by atoms with E-state index in [1.807, 2.05) is 0 Å². The monoisotopic (exact) mass is 365 g/mol. The first-order chi connectivity index (χ1) is 12.3. The second-order valence-electron chi connectivity index (χ2n) is 5.94. The largest absolute Gasteiger partial charge is 0.416 e. The highest BCUT2D eigenvalue weighted by atomic mass is 19.4. The quantitative estimate of drug-likeness (QED) is 0.661. The average molecular weight is 365 g/mol. The number of aromatic nitrogens is 2. The Morgan fingerprint density at radius 1 is 1.04 bits per heavy atom. The minimum Gasteiger partial charge on any atom is -0.369 e. The van der Waals surface area contributed by atoms with E-state index in [4.69, 9.17) is 0 Å². The van der Waals surface area contributed by atoms with Gasteiger partial charge in [-0.25, -0.2) is 13.5 Å². The molecule has 0 saturated heterocycles. The van der Waals surface area contributed by atoms with Gasteiger partial charge in [-0.15, -0.1) is 0 Å². The lowest BCUT2D eigenvalue weighted by atomic mass is 10.0. The SMILES string of the molecule is Fc1ccc(-n2nc(-c3cccc(C(F)(F)F)c3)c3c2NCC3)c(F)c1. The van der Waals surface area contributed by atoms with Crippen molar-refractivity contribution in [1.82, 2.24) is 9.78 Å². The van der Waals surface area contributed by atoms with Crippen LogP contribution in [0.5, 0.6) is 0 Å². The fraction of sp³-hybridized carbons (Fsp3) is 0.167. The van der Waals surface area contributed by atoms with Crippen LogP contribution in [0.2, 0.25) is 0 Å². The lowest BCUT2D eigenvalue weighted by molar-refractivity contribution is -0.137. The van der Waals surface area contributed by atoms with Crippen molar-refractivity contribution >= 4 is 5.82 Å². The van der Waals surface area contributed by atoms with Gasteiger partial charge in [0.1, 0.15) is 17.3 Å². The summed E-state index contributed by atoms with van der Waals surface area (Å²) >= 11 is 0. The van der Waals surface area contributed by atoms with Crippen molar-refractivity contribution in [3.05, 3.63) is 65.2 Å². The fourth-order valence-corrected chi connectivity index (χ4v) is 3.08. The summed E-state index contributed by atoms with van der Waals surface area (Å²) in [6, 6.07) is 7.93. The highest BCUT2D eigenvalue weighted by Gasteiger charge is 2.32. The smallest absolute Gasteiger partial charge is 0.369 e. The maximum Gasteiger partial charge on any atom is 0.416 e. The number of hydrogen-bond acceptors (Lipinski definition) is 2. The van der Waals surface area contributed by atoms with E-state index in [2.05, 4.69) is 10.4 Å². The maximum atomic E-state index is 14.2. The molecule has 2 heterocycles. The molecule has 1 aliphatic heterocycles. The number of hydrogen-bond donors (Lipinski definition) is 1. The molecule has 0 unspecified atom stereocenters. The van der Waals surface area contributed by atoms with Crippen LogP contribution < -0.4 is 5.32 Å². The molecule has 134 valence electrons. The van der Waals surface area contributed by atoms with Gasteiger partial charge in [-0.1, -0.05) is 12.1 Å². The normalized spacial score (nSPS) is 13.6. The summed E-state index contributed by atoms with van der Waals surface area (Å²) in [5, 5.41) is 7.37. The van der Waals surface area contributed by atoms with Gasteiger partial charge in [-0.3, -0.25) is 0 Å². The van der Waals surface area contributed by atoms with Gasteiger partial charge in [0.25, 0.3) is 0 Å². The Morgan fingerprint density at radius 2 is 1.85 bits per heavy atom. The zero-order chi connectivity index (χ0) is 18.5. The molecular formula is C18H12F5N3. The molecule has 26 heavy (non-hydrogen) atoms. The predicted molar refractivity (Wildman–Crippen MR) is 86.1 cm³/mol. The lowest BCUT2D eigenvalue weighted by Crippen LogP contribution is -2.07. The lowest BCUT2D eigenvalue weighted by Gasteiger charge is -2.09. The molecule has 8 heteroatoms. The average Bonchev–Trinajstić information content (AvgIpc) is 3.17. The van der Waals surface area contributed by atoms with Gasteiger partial charge < -0.3 is 5.32 Å². The van der Waals surface area contributed by atoms with Gasteiger partial charge in [0.05, 0.1) is 11.3 Å². The summed E-state index contributed by atoms with van der Waals surface area (Å²) < 4.78 is 67.6. The maximum absolute atomic E-state index is 14.2. The molecule has 4 rings (SSSR count). The van der Waals surface area contributed by atoms with Crippen LogP contribution in [0.25, 0.3) is 16.9 Å². The summed E-state index contributed by atoms with van der Waals surface area (Å²) in [5.74, 6) is -1.02. The first-order valence-electron chi connectivity index (χ1n) is 7.83. The Bertz CT molecular complexity index is 991. The van der Waals surface area contributed by atoms with Gasteiger partial charge in [-0.05, 0) is 30.7 Å². The van der Waals surface area contributed by atoms with Crippen LogP contribution >= 0.6 is 0 Å². The molecule has 3 nitrogen and oxygen atoms in total. The van der Waals surface area contributed by atoms with Crippen LogP contribution in [-0.4, -0.2) is 16.3 Å². The van der Waals surface area contributed by atoms with Crippen LogP contribution in [0.3, 0.4) is 0 Å². The van der Waals surface area contributed by atoms with Crippen LogP contribution in [0.15, 0.2) is 42.5 Å². The summed E-state index contributed by atoms with van der Waals surface area (Å²) in [7, 11) is 0. The van der Waals surface area contributed by atoms with Gasteiger partial charge in [0, 0.05) is 23.7 Å². The van der Waals surface area contributed by atoms with E-state index in [1.54, 1.807) is 0 Å². The molecule has 0 aliphatic carbocycles. The van der Waals surface area contributed by atoms with E-state index < -0.39 is 23.4 Å². The van der Waals surface area contributed by atoms with Crippen LogP contribution in [-0.2, 0) is 12.6 Å². The van der Waals surface area contributed by atoms with Crippen LogP contribution in [0.1, 0.15) is 11.1 Å². The Labute approximate surface area is 145 Å². The van der Waals surface area contributed by atoms with E-state index in [9.17, 15) is 22.0 Å². The summed E-state index contributed by atoms with van der Waals surface area (Å²) in [6.45, 7) is 0.558. The Balaban J connectivity index is 1.87. The molecule has 0 amide bonds. The zero-order valence-electron chi connectivity index (χ0n) is 13.2. The molecule has 0 spiro atoms. The van der Waals surface area contributed by atoms with Gasteiger partial charge in [0.2, 0.25) is 0 Å². The van der Waals surface area contributed by atoms with E-state index in [0.29, 0.717) is 35.6 Å². The number of anilines is 1. The third-order valence-corrected chi connectivity index (χ3v) is 4.25. The van der Waals surface area contributed by atoms with Crippen molar-refractivity contribution in [2.24, 2.45) is 0 Å². The van der Waals surface area contributed by atoms with Crippen molar-refractivity contribution < 1.29 is 22.0 Å². The number of halogens is 5. The molecule has 1 aliphatic rings. The first kappa shape index (κ1) is 16.6. The van der Waals surface area contributed by atoms with Gasteiger partial charge >= 0.3 is 6.18 Å². The molecule has 0 bridgehead atoms. The molecule has 0 fully saturated rings. The van der Waals surface area contributed by atoms with E-state index >= 15 is 0 Å². The van der Waals surface area contributed by atoms with Gasteiger partial charge in [-0.2, -0.15) is 18.3 Å². The molecule has 0 atom stereocenters. The highest BCUT2D eigenvalue weighted by molar-refractivity contribution is 5.73. The number of alkyl halides is 3. The van der Waals surface area contributed by atoms with Gasteiger partial charge in [0.15, 0.2) is 5.82 Å². The Kier molecular flexibility index (Phi) is 3.71. The fourth-order valence-electron chi connectivity index (χ4n) is 3.08. The summed E-state index contributed by atoms with van der Waals surface area (Å²) in [5.41, 5.74) is 0.585. The standard InChI is InChI=1S/C18H12F5N3/c19-12-4-5-15(14(20)9-12)26-17-13(6-7-24-17)16(25-26)10-2-1-3-11(8-10)18(21,22)23/h1-5,8-9,24H,6-7H2. The van der Waals surface area contributed by atoms with Crippen molar-refractivity contribution in [2.45, 2.75) is 12.6 Å². The van der Waals surface area contributed by atoms with E-state index in [1.165, 1.54) is 22.9 Å². The Hall–Kier alpha value is -2.90. The molecule has 3 aromatic rings. The number of rotatable bonds is 2. The van der Waals surface area contributed by atoms with Crippen molar-refractivity contribution in [3.63, 3.8) is 0 Å². The van der Waals surface area contributed by atoms with Crippen molar-refractivity contribution in [2.75, 3.05) is 11.9 Å². The molecule has 1 N–H and O–H groups in total. The minimum absolute atomic E-state index is 0.0234. The van der Waals surface area contributed by atoms with Crippen molar-refractivity contribution in [3.8, 4) is 16.9 Å². The van der Waals surface area contributed by atoms with Crippen molar-refractivity contribution in [1.29, 1.82) is 0 Å². The van der Waals surface area contributed by atoms with E-state index in [-0.39, 0.29) is 5.69 Å². The van der Waals surface area contributed by atoms with Crippen LogP contribution in [0, 0.1) is 11.6 Å². The molecule has 0 saturated carbocycles. The molecule has 1 aromatic heterocycles. The third kappa shape index (κ3) is 2.71. The first-order valence-corrected chi connectivity index (χ1v) is 7.83. The third-order valence-electron chi connectivity index (χ3n) is 4.25. The molecule has 2 aromatic carbocycles. The molecule has 0 radical (unpaired) electrons. The summed E-state index contributed by atoms with van der Waals surface area (Å²) in [4.78, 5) is 0. The van der Waals surface area contributed by atoms with Crippen LogP contribution in [0.4, 0.5) is 27.8 Å². The molecular weight excluding hydrogens is 353 g/mol. The Morgan fingerprint density at radius 3 is 2.58 bits per heavy atom. The topological polar surface area (TPSA) is 29.9 Å². The minimum atomic E-state index is -4.47. The zero-order valence-corrected chi connectivity index (χ0v) is 13.2. The van der Waals surface area contributed by atoms with E-state index in [0.717, 1.165) is 24.3 Å². The highest BCUT2D eigenvalue weighted by Crippen LogP contribution is 2.37. The second kappa shape index (κ2) is 5.82. The number of fused-ring (bicyclic) bond motifs is 1. The number of nitrogens with zero attached hydrogens (tertiary/aromatic N) is 2.